The van der Waals surface area contributed by atoms with E-state index in [-0.39, 0.29) is 18.0 Å². The van der Waals surface area contributed by atoms with E-state index >= 15 is 0 Å². The Kier molecular flexibility index (Phi) is 5.26. The van der Waals surface area contributed by atoms with Crippen molar-refractivity contribution in [2.24, 2.45) is 5.92 Å². The Bertz CT molecular complexity index is 1170. The fourth-order valence-electron chi connectivity index (χ4n) is 4.84. The second kappa shape index (κ2) is 8.13. The van der Waals surface area contributed by atoms with Crippen molar-refractivity contribution >= 4 is 11.7 Å². The maximum Gasteiger partial charge on any atom is 0.417 e. The monoisotopic (exact) mass is 453 g/mol. The smallest absolute Gasteiger partial charge is 0.365 e. The molecule has 0 spiro atoms. The van der Waals surface area contributed by atoms with Crippen LogP contribution >= 0.6 is 0 Å². The van der Waals surface area contributed by atoms with Crippen LogP contribution < -0.4 is 5.32 Å². The van der Waals surface area contributed by atoms with Crippen LogP contribution in [0, 0.1) is 12.8 Å². The van der Waals surface area contributed by atoms with Crippen LogP contribution in [0.5, 0.6) is 0 Å². The van der Waals surface area contributed by atoms with Gasteiger partial charge < -0.3 is 10.2 Å². The molecule has 1 saturated carbocycles. The average molecular weight is 453 g/mol. The Labute approximate surface area is 188 Å². The number of carbonyl (C=O) groups is 1. The van der Waals surface area contributed by atoms with Crippen LogP contribution in [-0.4, -0.2) is 44.4 Å². The molecule has 1 amide bonds. The van der Waals surface area contributed by atoms with E-state index in [2.05, 4.69) is 20.3 Å². The van der Waals surface area contributed by atoms with Crippen molar-refractivity contribution < 1.29 is 18.0 Å². The summed E-state index contributed by atoms with van der Waals surface area (Å²) in [6.07, 6.45) is 1.49. The normalized spacial score (nSPS) is 21.9. The lowest BCUT2D eigenvalue weighted by atomic mass is 10.0. The second-order valence-electron chi connectivity index (χ2n) is 8.67. The molecular weight excluding hydrogens is 431 g/mol. The number of aromatic nitrogens is 3. The quantitative estimate of drug-likeness (QED) is 0.626. The molecule has 3 aromatic heterocycles. The van der Waals surface area contributed by atoms with E-state index in [0.29, 0.717) is 35.2 Å². The van der Waals surface area contributed by atoms with Crippen molar-refractivity contribution in [1.29, 1.82) is 0 Å². The molecule has 0 unspecified atom stereocenters. The second-order valence-corrected chi connectivity index (χ2v) is 8.67. The summed E-state index contributed by atoms with van der Waals surface area (Å²) in [7, 11) is 0. The number of halogens is 3. The number of piperidine rings is 1. The SMILES string of the molecule is Cc1cnc(-c2ccccn2)c(C(=O)N2C[C@H]3C[C@@H](Nc4ccc(C(F)(F)F)cn4)[C@@H]2C3)c1. The minimum Gasteiger partial charge on any atom is -0.365 e. The largest absolute Gasteiger partial charge is 0.417 e. The number of hydrogen-bond acceptors (Lipinski definition) is 5. The number of hydrogen-bond donors (Lipinski definition) is 1. The highest BCUT2D eigenvalue weighted by Crippen LogP contribution is 2.40. The Morgan fingerprint density at radius 1 is 1.09 bits per heavy atom. The van der Waals surface area contributed by atoms with Gasteiger partial charge in [-0.3, -0.25) is 14.8 Å². The molecule has 33 heavy (non-hydrogen) atoms. The van der Waals surface area contributed by atoms with Crippen molar-refractivity contribution in [2.75, 3.05) is 11.9 Å². The van der Waals surface area contributed by atoms with Gasteiger partial charge in [-0.1, -0.05) is 6.07 Å². The lowest BCUT2D eigenvalue weighted by Gasteiger charge is -2.34. The number of anilines is 1. The first kappa shape index (κ1) is 21.4. The van der Waals surface area contributed by atoms with Gasteiger partial charge in [-0.25, -0.2) is 4.98 Å². The molecule has 170 valence electrons. The molecule has 1 aliphatic heterocycles. The van der Waals surface area contributed by atoms with E-state index in [1.807, 2.05) is 36.1 Å². The first-order valence-electron chi connectivity index (χ1n) is 10.8. The first-order chi connectivity index (χ1) is 15.8. The Balaban J connectivity index is 1.37. The summed E-state index contributed by atoms with van der Waals surface area (Å²) in [6, 6.07) is 9.54. The number of rotatable bonds is 4. The fraction of sp³-hybridized carbons (Fsp3) is 0.333. The van der Waals surface area contributed by atoms with Gasteiger partial charge in [0.25, 0.3) is 5.91 Å². The first-order valence-corrected chi connectivity index (χ1v) is 10.8. The molecule has 0 aromatic carbocycles. The average Bonchev–Trinajstić information content (AvgIpc) is 3.39. The molecule has 1 aliphatic carbocycles. The fourth-order valence-corrected chi connectivity index (χ4v) is 4.84. The minimum atomic E-state index is -4.42. The van der Waals surface area contributed by atoms with Gasteiger partial charge in [-0.05, 0) is 61.6 Å². The van der Waals surface area contributed by atoms with Gasteiger partial charge in [0, 0.05) is 31.2 Å². The topological polar surface area (TPSA) is 71.0 Å². The molecule has 3 aromatic rings. The highest BCUT2D eigenvalue weighted by atomic mass is 19.4. The van der Waals surface area contributed by atoms with Crippen molar-refractivity contribution in [2.45, 2.75) is 38.0 Å². The highest BCUT2D eigenvalue weighted by molar-refractivity contribution is 6.00. The minimum absolute atomic E-state index is 0.0660. The van der Waals surface area contributed by atoms with E-state index in [1.165, 1.54) is 6.07 Å². The summed E-state index contributed by atoms with van der Waals surface area (Å²) < 4.78 is 38.5. The number of likely N-dealkylation sites (tertiary alicyclic amines) is 1. The van der Waals surface area contributed by atoms with Gasteiger partial charge in [0.15, 0.2) is 0 Å². The van der Waals surface area contributed by atoms with Crippen molar-refractivity contribution in [3.05, 3.63) is 71.7 Å². The zero-order valence-corrected chi connectivity index (χ0v) is 17.9. The summed E-state index contributed by atoms with van der Waals surface area (Å²) >= 11 is 0. The lowest BCUT2D eigenvalue weighted by Crippen LogP contribution is -2.48. The van der Waals surface area contributed by atoms with Gasteiger partial charge in [0.1, 0.15) is 11.5 Å². The van der Waals surface area contributed by atoms with E-state index in [4.69, 9.17) is 0 Å². The number of fused-ring (bicyclic) bond motifs is 2. The zero-order valence-electron chi connectivity index (χ0n) is 17.9. The van der Waals surface area contributed by atoms with Crippen LogP contribution in [-0.2, 0) is 6.18 Å². The molecule has 6 nitrogen and oxygen atoms in total. The van der Waals surface area contributed by atoms with Crippen LogP contribution in [0.4, 0.5) is 19.0 Å². The molecule has 1 saturated heterocycles. The van der Waals surface area contributed by atoms with Gasteiger partial charge >= 0.3 is 6.18 Å². The van der Waals surface area contributed by atoms with Gasteiger partial charge in [0.05, 0.1) is 22.9 Å². The van der Waals surface area contributed by atoms with Crippen LogP contribution in [0.3, 0.4) is 0 Å². The summed E-state index contributed by atoms with van der Waals surface area (Å²) in [5, 5.41) is 3.24. The Morgan fingerprint density at radius 3 is 2.61 bits per heavy atom. The summed E-state index contributed by atoms with van der Waals surface area (Å²) in [5.41, 5.74) is 1.78. The molecule has 4 heterocycles. The number of nitrogens with zero attached hydrogens (tertiary/aromatic N) is 4. The third kappa shape index (κ3) is 4.15. The maximum absolute atomic E-state index is 13.6. The number of nitrogens with one attached hydrogen (secondary N) is 1. The third-order valence-corrected chi connectivity index (χ3v) is 6.33. The van der Waals surface area contributed by atoms with E-state index < -0.39 is 11.7 Å². The lowest BCUT2D eigenvalue weighted by molar-refractivity contribution is -0.137. The highest BCUT2D eigenvalue weighted by Gasteiger charge is 2.47. The Hall–Kier alpha value is -3.49. The zero-order chi connectivity index (χ0) is 23.2. The molecule has 0 radical (unpaired) electrons. The van der Waals surface area contributed by atoms with Gasteiger partial charge in [-0.2, -0.15) is 13.2 Å². The number of pyridine rings is 3. The third-order valence-electron chi connectivity index (χ3n) is 6.33. The molecule has 2 aliphatic rings. The van der Waals surface area contributed by atoms with Crippen LogP contribution in [0.1, 0.15) is 34.3 Å². The predicted molar refractivity (Wildman–Crippen MR) is 116 cm³/mol. The molecule has 2 fully saturated rings. The summed E-state index contributed by atoms with van der Waals surface area (Å²) in [5.74, 6) is 0.604. The number of alkyl halides is 3. The molecule has 3 atom stereocenters. The van der Waals surface area contributed by atoms with Gasteiger partial charge in [-0.15, -0.1) is 0 Å². The van der Waals surface area contributed by atoms with Crippen molar-refractivity contribution in [3.8, 4) is 11.4 Å². The standard InChI is InChI=1S/C24H22F3N5O/c1-14-8-17(22(30-11-14)18-4-2-3-7-28-18)23(33)32-13-15-9-19(20(32)10-15)31-21-6-5-16(12-29-21)24(25,26)27/h2-8,11-12,15,19-20H,9-10,13H2,1H3,(H,29,31)/t15-,19+,20-/m0/s1. The summed E-state index contributed by atoms with van der Waals surface area (Å²) in [4.78, 5) is 28.3. The molecule has 2 bridgehead atoms. The maximum atomic E-state index is 13.6. The van der Waals surface area contributed by atoms with Crippen molar-refractivity contribution in [1.82, 2.24) is 19.9 Å². The molecule has 1 N–H and O–H groups in total. The number of amides is 1. The van der Waals surface area contributed by atoms with E-state index in [0.717, 1.165) is 30.7 Å². The Morgan fingerprint density at radius 2 is 1.94 bits per heavy atom. The van der Waals surface area contributed by atoms with E-state index in [9.17, 15) is 18.0 Å². The van der Waals surface area contributed by atoms with Crippen molar-refractivity contribution in [3.63, 3.8) is 0 Å². The van der Waals surface area contributed by atoms with Crippen LogP contribution in [0.15, 0.2) is 55.0 Å². The van der Waals surface area contributed by atoms with E-state index in [1.54, 1.807) is 12.4 Å². The number of aryl methyl sites for hydroxylation is 1. The molecule has 5 rings (SSSR count). The van der Waals surface area contributed by atoms with Crippen LogP contribution in [0.25, 0.3) is 11.4 Å². The summed E-state index contributed by atoms with van der Waals surface area (Å²) in [6.45, 7) is 2.54. The number of carbonyl (C=O) groups excluding carboxylic acids is 1. The van der Waals surface area contributed by atoms with Gasteiger partial charge in [0.2, 0.25) is 0 Å². The predicted octanol–water partition coefficient (Wildman–Crippen LogP) is 4.58. The molecule has 9 heteroatoms. The van der Waals surface area contributed by atoms with Crippen LogP contribution in [0.2, 0.25) is 0 Å². The molecular formula is C24H22F3N5O.